The highest BCUT2D eigenvalue weighted by Gasteiger charge is 2.26. The van der Waals surface area contributed by atoms with Gasteiger partial charge in [0.05, 0.1) is 0 Å². The van der Waals surface area contributed by atoms with Crippen LogP contribution in [0.1, 0.15) is 29.6 Å². The van der Waals surface area contributed by atoms with E-state index in [0.717, 1.165) is 19.3 Å². The second-order valence-electron chi connectivity index (χ2n) is 4.39. The largest absolute Gasteiger partial charge is 0.348 e. The van der Waals surface area contributed by atoms with E-state index < -0.39 is 0 Å². The molecule has 2 atom stereocenters. The Hall–Kier alpha value is -1.10. The minimum absolute atomic E-state index is 0.167. The molecule has 92 valence electrons. The number of pyridine rings is 1. The van der Waals surface area contributed by atoms with Crippen LogP contribution in [0.3, 0.4) is 0 Å². The van der Waals surface area contributed by atoms with Crippen LogP contribution in [0.15, 0.2) is 23.1 Å². The lowest BCUT2D eigenvalue weighted by Crippen LogP contribution is -2.38. The first-order valence-electron chi connectivity index (χ1n) is 5.69. The van der Waals surface area contributed by atoms with Gasteiger partial charge in [0.2, 0.25) is 0 Å². The minimum atomic E-state index is -0.168. The third-order valence-corrected chi connectivity index (χ3v) is 4.21. The Morgan fingerprint density at radius 3 is 2.88 bits per heavy atom. The molecule has 2 rings (SSSR count). The predicted octanol–water partition coefficient (Wildman–Crippen LogP) is 1.43. The first-order valence-corrected chi connectivity index (χ1v) is 6.61. The van der Waals surface area contributed by atoms with Crippen molar-refractivity contribution in [1.82, 2.24) is 9.88 Å². The van der Waals surface area contributed by atoms with Crippen LogP contribution in [0.25, 0.3) is 0 Å². The SMILES string of the molecule is Cn1ccc(C(=O)NC2CCCC2Br)cc1=O. The zero-order valence-electron chi connectivity index (χ0n) is 9.65. The fourth-order valence-electron chi connectivity index (χ4n) is 2.02. The molecule has 1 fully saturated rings. The van der Waals surface area contributed by atoms with Gasteiger partial charge in [0.25, 0.3) is 11.5 Å². The van der Waals surface area contributed by atoms with Crippen molar-refractivity contribution in [2.24, 2.45) is 7.05 Å². The molecule has 0 spiro atoms. The molecule has 1 heterocycles. The van der Waals surface area contributed by atoms with Gasteiger partial charge in [0.1, 0.15) is 0 Å². The highest BCUT2D eigenvalue weighted by molar-refractivity contribution is 9.09. The minimum Gasteiger partial charge on any atom is -0.348 e. The number of nitrogens with zero attached hydrogens (tertiary/aromatic N) is 1. The summed E-state index contributed by atoms with van der Waals surface area (Å²) < 4.78 is 1.44. The van der Waals surface area contributed by atoms with Crippen molar-refractivity contribution in [3.8, 4) is 0 Å². The van der Waals surface area contributed by atoms with E-state index in [9.17, 15) is 9.59 Å². The number of aryl methyl sites for hydroxylation is 1. The molecule has 1 aliphatic carbocycles. The zero-order chi connectivity index (χ0) is 12.4. The molecular formula is C12H15BrN2O2. The van der Waals surface area contributed by atoms with Gasteiger partial charge in [-0.25, -0.2) is 0 Å². The Morgan fingerprint density at radius 2 is 2.29 bits per heavy atom. The fourth-order valence-corrected chi connectivity index (χ4v) is 2.74. The van der Waals surface area contributed by atoms with Gasteiger partial charge in [0, 0.05) is 35.7 Å². The topological polar surface area (TPSA) is 51.1 Å². The summed E-state index contributed by atoms with van der Waals surface area (Å²) in [6.07, 6.45) is 4.81. The lowest BCUT2D eigenvalue weighted by Gasteiger charge is -2.16. The molecule has 1 saturated carbocycles. The standard InChI is InChI=1S/C12H15BrN2O2/c1-15-6-5-8(7-11(15)16)12(17)14-10-4-2-3-9(10)13/h5-7,9-10H,2-4H2,1H3,(H,14,17). The molecule has 1 aromatic rings. The van der Waals surface area contributed by atoms with Gasteiger partial charge in [-0.15, -0.1) is 0 Å². The van der Waals surface area contributed by atoms with Gasteiger partial charge in [0.15, 0.2) is 0 Å². The van der Waals surface area contributed by atoms with Crippen molar-refractivity contribution in [3.63, 3.8) is 0 Å². The van der Waals surface area contributed by atoms with E-state index in [-0.39, 0.29) is 17.5 Å². The number of carbonyl (C=O) groups is 1. The van der Waals surface area contributed by atoms with E-state index in [2.05, 4.69) is 21.2 Å². The van der Waals surface area contributed by atoms with E-state index in [0.29, 0.717) is 10.4 Å². The molecule has 4 nitrogen and oxygen atoms in total. The molecule has 0 saturated heterocycles. The van der Waals surface area contributed by atoms with Crippen LogP contribution in [0.4, 0.5) is 0 Å². The van der Waals surface area contributed by atoms with Crippen LogP contribution in [0, 0.1) is 0 Å². The van der Waals surface area contributed by atoms with E-state index in [4.69, 9.17) is 0 Å². The number of rotatable bonds is 2. The number of halogens is 1. The van der Waals surface area contributed by atoms with Crippen molar-refractivity contribution in [1.29, 1.82) is 0 Å². The molecule has 5 heteroatoms. The molecule has 1 N–H and O–H groups in total. The maximum absolute atomic E-state index is 11.9. The number of hydrogen-bond acceptors (Lipinski definition) is 2. The highest BCUT2D eigenvalue weighted by atomic mass is 79.9. The normalized spacial score (nSPS) is 23.6. The third kappa shape index (κ3) is 2.77. The van der Waals surface area contributed by atoms with E-state index in [1.165, 1.54) is 10.6 Å². The van der Waals surface area contributed by atoms with Gasteiger partial charge >= 0.3 is 0 Å². The first-order chi connectivity index (χ1) is 8.08. The Kier molecular flexibility index (Phi) is 3.66. The molecule has 17 heavy (non-hydrogen) atoms. The second kappa shape index (κ2) is 5.04. The molecule has 1 aliphatic rings. The smallest absolute Gasteiger partial charge is 0.251 e. The summed E-state index contributed by atoms with van der Waals surface area (Å²) in [4.78, 5) is 23.7. The van der Waals surface area contributed by atoms with Gasteiger partial charge in [-0.3, -0.25) is 9.59 Å². The number of hydrogen-bond donors (Lipinski definition) is 1. The Balaban J connectivity index is 2.09. The molecule has 1 aromatic heterocycles. The quantitative estimate of drug-likeness (QED) is 0.840. The Labute approximate surface area is 108 Å². The maximum atomic E-state index is 11.9. The van der Waals surface area contributed by atoms with Crippen molar-refractivity contribution in [2.45, 2.75) is 30.1 Å². The summed E-state index contributed by atoms with van der Waals surface area (Å²) in [5, 5.41) is 2.96. The molecular weight excluding hydrogens is 284 g/mol. The van der Waals surface area contributed by atoms with Crippen LogP contribution >= 0.6 is 15.9 Å². The average Bonchev–Trinajstić information content (AvgIpc) is 2.68. The lowest BCUT2D eigenvalue weighted by atomic mass is 10.2. The van der Waals surface area contributed by atoms with Crippen LogP contribution in [0.2, 0.25) is 0 Å². The predicted molar refractivity (Wildman–Crippen MR) is 69.5 cm³/mol. The van der Waals surface area contributed by atoms with Crippen molar-refractivity contribution in [2.75, 3.05) is 0 Å². The number of amides is 1. The average molecular weight is 299 g/mol. The number of nitrogens with one attached hydrogen (secondary N) is 1. The summed E-state index contributed by atoms with van der Waals surface area (Å²) in [6.45, 7) is 0. The first kappa shape index (κ1) is 12.4. The molecule has 0 bridgehead atoms. The van der Waals surface area contributed by atoms with E-state index in [1.54, 1.807) is 19.3 Å². The summed E-state index contributed by atoms with van der Waals surface area (Å²) in [5.74, 6) is -0.168. The van der Waals surface area contributed by atoms with E-state index >= 15 is 0 Å². The maximum Gasteiger partial charge on any atom is 0.251 e. The second-order valence-corrected chi connectivity index (χ2v) is 5.57. The number of alkyl halides is 1. The molecule has 2 unspecified atom stereocenters. The van der Waals surface area contributed by atoms with Gasteiger partial charge in [-0.1, -0.05) is 22.4 Å². The summed E-state index contributed by atoms with van der Waals surface area (Å²) >= 11 is 3.55. The van der Waals surface area contributed by atoms with Crippen LogP contribution < -0.4 is 10.9 Å². The van der Waals surface area contributed by atoms with Crippen LogP contribution in [-0.4, -0.2) is 21.3 Å². The van der Waals surface area contributed by atoms with Crippen LogP contribution in [0.5, 0.6) is 0 Å². The molecule has 0 aliphatic heterocycles. The van der Waals surface area contributed by atoms with E-state index in [1.807, 2.05) is 0 Å². The summed E-state index contributed by atoms with van der Waals surface area (Å²) in [5.41, 5.74) is 0.263. The molecule has 0 radical (unpaired) electrons. The lowest BCUT2D eigenvalue weighted by molar-refractivity contribution is 0.0938. The monoisotopic (exact) mass is 298 g/mol. The van der Waals surface area contributed by atoms with Gasteiger partial charge < -0.3 is 9.88 Å². The van der Waals surface area contributed by atoms with Crippen molar-refractivity contribution < 1.29 is 4.79 Å². The number of carbonyl (C=O) groups excluding carboxylic acids is 1. The summed E-state index contributed by atoms with van der Waals surface area (Å²) in [6, 6.07) is 3.20. The summed E-state index contributed by atoms with van der Waals surface area (Å²) in [7, 11) is 1.66. The van der Waals surface area contributed by atoms with Crippen molar-refractivity contribution in [3.05, 3.63) is 34.2 Å². The highest BCUT2D eigenvalue weighted by Crippen LogP contribution is 2.25. The molecule has 0 aromatic carbocycles. The zero-order valence-corrected chi connectivity index (χ0v) is 11.2. The Bertz CT molecular complexity index is 484. The molecule has 1 amide bonds. The number of aromatic nitrogens is 1. The fraction of sp³-hybridized carbons (Fsp3) is 0.500. The van der Waals surface area contributed by atoms with Gasteiger partial charge in [-0.2, -0.15) is 0 Å². The Morgan fingerprint density at radius 1 is 1.53 bits per heavy atom. The van der Waals surface area contributed by atoms with Crippen LogP contribution in [-0.2, 0) is 7.05 Å². The van der Waals surface area contributed by atoms with Crippen molar-refractivity contribution >= 4 is 21.8 Å². The third-order valence-electron chi connectivity index (χ3n) is 3.11. The van der Waals surface area contributed by atoms with Gasteiger partial charge in [-0.05, 0) is 18.9 Å².